The zero-order valence-electron chi connectivity index (χ0n) is 23.3. The zero-order chi connectivity index (χ0) is 28.0. The highest BCUT2D eigenvalue weighted by atomic mass is 32.2. The van der Waals surface area contributed by atoms with Crippen LogP contribution in [0.5, 0.6) is 0 Å². The second kappa shape index (κ2) is 8.87. The first-order valence-corrected chi connectivity index (χ1v) is 15.9. The summed E-state index contributed by atoms with van der Waals surface area (Å²) in [4.78, 5) is 10.4. The van der Waals surface area contributed by atoms with E-state index < -0.39 is 0 Å². The van der Waals surface area contributed by atoms with Gasteiger partial charge in [0.15, 0.2) is 0 Å². The lowest BCUT2D eigenvalue weighted by atomic mass is 9.82. The fourth-order valence-electron chi connectivity index (χ4n) is 6.90. The number of para-hydroxylation sites is 1. The van der Waals surface area contributed by atoms with Crippen LogP contribution in [0.15, 0.2) is 141 Å². The summed E-state index contributed by atoms with van der Waals surface area (Å²) in [5.41, 5.74) is 11.1. The second-order valence-corrected chi connectivity index (χ2v) is 13.8. The molecule has 200 valence electrons. The number of hydrogen-bond donors (Lipinski definition) is 0. The van der Waals surface area contributed by atoms with Gasteiger partial charge in [-0.1, -0.05) is 104 Å². The van der Waals surface area contributed by atoms with Crippen molar-refractivity contribution in [3.8, 4) is 28.1 Å². The lowest BCUT2D eigenvalue weighted by Crippen LogP contribution is -2.17. The number of aromatic nitrogens is 2. The third-order valence-electron chi connectivity index (χ3n) is 8.88. The predicted octanol–water partition coefficient (Wildman–Crippen LogP) is 10.8. The van der Waals surface area contributed by atoms with E-state index in [4.69, 9.17) is 4.98 Å². The van der Waals surface area contributed by atoms with E-state index in [1.165, 1.54) is 63.6 Å². The van der Waals surface area contributed by atoms with E-state index in [1.54, 1.807) is 0 Å². The van der Waals surface area contributed by atoms with E-state index in [9.17, 15) is 0 Å². The molecule has 0 spiro atoms. The van der Waals surface area contributed by atoms with Crippen molar-refractivity contribution in [2.75, 3.05) is 0 Å². The van der Waals surface area contributed by atoms with Crippen molar-refractivity contribution in [2.45, 2.75) is 38.8 Å². The van der Waals surface area contributed by atoms with Gasteiger partial charge in [-0.05, 0) is 70.8 Å². The zero-order valence-corrected chi connectivity index (χ0v) is 24.9. The summed E-state index contributed by atoms with van der Waals surface area (Å²) < 4.78 is 2.39. The lowest BCUT2D eigenvalue weighted by molar-refractivity contribution is 0.643. The number of rotatable bonds is 2. The van der Waals surface area contributed by atoms with Gasteiger partial charge < -0.3 is 4.57 Å². The topological polar surface area (TPSA) is 17.8 Å². The average molecular weight is 575 g/mol. The Bertz CT molecular complexity index is 2210. The van der Waals surface area contributed by atoms with Gasteiger partial charge in [0.05, 0.1) is 28.6 Å². The highest BCUT2D eigenvalue weighted by Crippen LogP contribution is 2.59. The minimum Gasteiger partial charge on any atom is -0.308 e. The molecule has 4 heteroatoms. The lowest BCUT2D eigenvalue weighted by Gasteiger charge is -2.28. The maximum absolute atomic E-state index is 4.89. The molecule has 2 aliphatic rings. The first-order chi connectivity index (χ1) is 20.6. The molecule has 2 nitrogen and oxygen atoms in total. The Morgan fingerprint density at radius 3 is 2.19 bits per heavy atom. The van der Waals surface area contributed by atoms with Crippen LogP contribution in [0.25, 0.3) is 49.9 Å². The van der Waals surface area contributed by atoms with Gasteiger partial charge >= 0.3 is 0 Å². The summed E-state index contributed by atoms with van der Waals surface area (Å²) in [5, 5.41) is 2.55. The molecule has 1 aliphatic heterocycles. The van der Waals surface area contributed by atoms with Crippen LogP contribution in [0, 0.1) is 0 Å². The quantitative estimate of drug-likeness (QED) is 0.204. The minimum absolute atomic E-state index is 0.124. The van der Waals surface area contributed by atoms with Crippen molar-refractivity contribution in [1.82, 2.24) is 9.55 Å². The van der Waals surface area contributed by atoms with Crippen LogP contribution >= 0.6 is 23.5 Å². The van der Waals surface area contributed by atoms with Crippen molar-refractivity contribution < 1.29 is 0 Å². The van der Waals surface area contributed by atoms with Crippen molar-refractivity contribution in [3.05, 3.63) is 133 Å². The standard InChI is InChI=1S/C38H26N2S2/c1-38(2)29-21-32-28(20-27(29)26-17-19-35-37(36(26)38)42-34-15-9-8-14-33(34)41-35)25-12-6-7-13-31(25)40(32)24-16-18-30(39-22-24)23-10-4-3-5-11-23/h3-22H,1-2H3. The van der Waals surface area contributed by atoms with Gasteiger partial charge in [0.1, 0.15) is 0 Å². The molecule has 5 aromatic carbocycles. The molecular weight excluding hydrogens is 549 g/mol. The van der Waals surface area contributed by atoms with Gasteiger partial charge in [-0.15, -0.1) is 0 Å². The summed E-state index contributed by atoms with van der Waals surface area (Å²) in [6.45, 7) is 4.80. The first kappa shape index (κ1) is 24.4. The Labute approximate surface area is 253 Å². The Kier molecular flexibility index (Phi) is 5.15. The molecule has 0 N–H and O–H groups in total. The average Bonchev–Trinajstić information content (AvgIpc) is 3.48. The van der Waals surface area contributed by atoms with Crippen molar-refractivity contribution in [2.24, 2.45) is 0 Å². The molecule has 0 atom stereocenters. The maximum atomic E-state index is 4.89. The summed E-state index contributed by atoms with van der Waals surface area (Å²) in [5.74, 6) is 0. The molecule has 7 aromatic rings. The Morgan fingerprint density at radius 2 is 1.38 bits per heavy atom. The summed E-state index contributed by atoms with van der Waals surface area (Å²) in [6, 6.07) is 41.9. The van der Waals surface area contributed by atoms with Gasteiger partial charge in [0.25, 0.3) is 0 Å². The molecule has 42 heavy (non-hydrogen) atoms. The van der Waals surface area contributed by atoms with Gasteiger partial charge in [0.2, 0.25) is 0 Å². The molecule has 2 aromatic heterocycles. The number of pyridine rings is 1. The fourth-order valence-corrected chi connectivity index (χ4v) is 9.46. The van der Waals surface area contributed by atoms with E-state index >= 15 is 0 Å². The van der Waals surface area contributed by atoms with Crippen LogP contribution in [0.4, 0.5) is 0 Å². The van der Waals surface area contributed by atoms with Crippen molar-refractivity contribution in [3.63, 3.8) is 0 Å². The smallest absolute Gasteiger partial charge is 0.0703 e. The molecule has 0 amide bonds. The summed E-state index contributed by atoms with van der Waals surface area (Å²) in [7, 11) is 0. The van der Waals surface area contributed by atoms with Gasteiger partial charge in [-0.3, -0.25) is 4.98 Å². The van der Waals surface area contributed by atoms with E-state index in [-0.39, 0.29) is 5.41 Å². The van der Waals surface area contributed by atoms with Crippen LogP contribution < -0.4 is 0 Å². The molecule has 3 heterocycles. The van der Waals surface area contributed by atoms with E-state index in [2.05, 4.69) is 128 Å². The summed E-state index contributed by atoms with van der Waals surface area (Å²) >= 11 is 3.84. The monoisotopic (exact) mass is 574 g/mol. The molecule has 1 aliphatic carbocycles. The Hall–Kier alpha value is -4.25. The third kappa shape index (κ3) is 3.40. The highest BCUT2D eigenvalue weighted by molar-refractivity contribution is 8.05. The number of benzene rings is 5. The molecule has 0 saturated heterocycles. The van der Waals surface area contributed by atoms with Crippen LogP contribution in [0.1, 0.15) is 25.0 Å². The van der Waals surface area contributed by atoms with Gasteiger partial charge in [-0.25, -0.2) is 0 Å². The summed E-state index contributed by atoms with van der Waals surface area (Å²) in [6.07, 6.45) is 2.02. The largest absolute Gasteiger partial charge is 0.308 e. The molecule has 0 fully saturated rings. The van der Waals surface area contributed by atoms with E-state index in [0.29, 0.717) is 0 Å². The Morgan fingerprint density at radius 1 is 0.619 bits per heavy atom. The number of fused-ring (bicyclic) bond motifs is 9. The van der Waals surface area contributed by atoms with Crippen molar-refractivity contribution in [1.29, 1.82) is 0 Å². The van der Waals surface area contributed by atoms with Crippen LogP contribution in [-0.2, 0) is 5.41 Å². The predicted molar refractivity (Wildman–Crippen MR) is 176 cm³/mol. The van der Waals surface area contributed by atoms with Crippen molar-refractivity contribution >= 4 is 45.3 Å². The Balaban J connectivity index is 1.25. The van der Waals surface area contributed by atoms with Gasteiger partial charge in [0, 0.05) is 41.3 Å². The first-order valence-electron chi connectivity index (χ1n) is 14.3. The minimum atomic E-state index is -0.124. The maximum Gasteiger partial charge on any atom is 0.0703 e. The SMILES string of the molecule is CC1(C)c2cc3c(cc2-c2ccc4c(c21)Sc1ccccc1S4)c1ccccc1n3-c1ccc(-c2ccccc2)nc1. The fraction of sp³-hybridized carbons (Fsp3) is 0.0789. The third-order valence-corrected chi connectivity index (χ3v) is 11.5. The van der Waals surface area contributed by atoms with E-state index in [0.717, 1.165) is 16.9 Å². The molecule has 0 radical (unpaired) electrons. The van der Waals surface area contributed by atoms with E-state index in [1.807, 2.05) is 35.8 Å². The number of hydrogen-bond acceptors (Lipinski definition) is 3. The van der Waals surface area contributed by atoms with Gasteiger partial charge in [-0.2, -0.15) is 0 Å². The molecule has 0 unspecified atom stereocenters. The molecule has 0 bridgehead atoms. The normalized spacial score (nSPS) is 14.4. The molecule has 9 rings (SSSR count). The van der Waals surface area contributed by atoms with Crippen LogP contribution in [0.2, 0.25) is 0 Å². The van der Waals surface area contributed by atoms with Crippen LogP contribution in [0.3, 0.4) is 0 Å². The van der Waals surface area contributed by atoms with Crippen LogP contribution in [-0.4, -0.2) is 9.55 Å². The molecular formula is C38H26N2S2. The second-order valence-electron chi connectivity index (χ2n) is 11.6. The number of nitrogens with zero attached hydrogens (tertiary/aromatic N) is 2. The molecule has 0 saturated carbocycles. The highest BCUT2D eigenvalue weighted by Gasteiger charge is 2.40.